The average molecular weight is 269 g/mol. The zero-order chi connectivity index (χ0) is 14.2. The topological polar surface area (TPSA) is 29.9 Å². The van der Waals surface area contributed by atoms with Crippen molar-refractivity contribution in [3.05, 3.63) is 53.3 Å². The predicted molar refractivity (Wildman–Crippen MR) is 81.6 cm³/mol. The van der Waals surface area contributed by atoms with E-state index in [9.17, 15) is 0 Å². The molecule has 3 rings (SSSR count). The highest BCUT2D eigenvalue weighted by Crippen LogP contribution is 2.44. The fourth-order valence-electron chi connectivity index (χ4n) is 3.29. The maximum Gasteiger partial charge on any atom is 0.0534 e. The quantitative estimate of drug-likeness (QED) is 0.924. The van der Waals surface area contributed by atoms with Crippen LogP contribution in [0.5, 0.6) is 0 Å². The minimum atomic E-state index is 0.281. The monoisotopic (exact) mass is 269 g/mol. The number of rotatable bonds is 4. The van der Waals surface area contributed by atoms with Crippen molar-refractivity contribution in [3.63, 3.8) is 0 Å². The fraction of sp³-hybridized carbons (Fsp3) is 0.471. The van der Waals surface area contributed by atoms with E-state index in [4.69, 9.17) is 0 Å². The van der Waals surface area contributed by atoms with Gasteiger partial charge in [0.15, 0.2) is 0 Å². The Labute approximate surface area is 121 Å². The van der Waals surface area contributed by atoms with Gasteiger partial charge in [-0.15, -0.1) is 0 Å². The molecule has 1 unspecified atom stereocenters. The van der Waals surface area contributed by atoms with E-state index in [1.165, 1.54) is 16.7 Å². The first-order valence-corrected chi connectivity index (χ1v) is 7.36. The first-order chi connectivity index (χ1) is 9.56. The molecule has 1 aromatic carbocycles. The van der Waals surface area contributed by atoms with Crippen LogP contribution in [0.15, 0.2) is 36.7 Å². The summed E-state index contributed by atoms with van der Waals surface area (Å²) in [6.07, 6.45) is 5.16. The summed E-state index contributed by atoms with van der Waals surface area (Å²) in [7, 11) is 0. The molecule has 106 valence electrons. The van der Waals surface area contributed by atoms with E-state index in [1.807, 2.05) is 10.9 Å². The second-order valence-electron chi connectivity index (χ2n) is 6.53. The van der Waals surface area contributed by atoms with E-state index in [0.717, 1.165) is 19.5 Å². The first kappa shape index (κ1) is 13.4. The Bertz CT molecular complexity index is 598. The summed E-state index contributed by atoms with van der Waals surface area (Å²) in [6, 6.07) is 9.25. The minimum Gasteiger partial charge on any atom is -0.308 e. The second-order valence-corrected chi connectivity index (χ2v) is 6.53. The molecule has 1 atom stereocenters. The van der Waals surface area contributed by atoms with E-state index in [1.54, 1.807) is 0 Å². The van der Waals surface area contributed by atoms with Gasteiger partial charge in [-0.2, -0.15) is 5.10 Å². The molecule has 0 aliphatic heterocycles. The Morgan fingerprint density at radius 3 is 2.90 bits per heavy atom. The number of fused-ring (bicyclic) bond motifs is 1. The molecule has 3 heteroatoms. The second kappa shape index (κ2) is 5.06. The Hall–Kier alpha value is -1.61. The van der Waals surface area contributed by atoms with Gasteiger partial charge in [0.25, 0.3) is 0 Å². The van der Waals surface area contributed by atoms with Gasteiger partial charge in [0.2, 0.25) is 0 Å². The third-order valence-electron chi connectivity index (χ3n) is 4.25. The molecule has 3 nitrogen and oxygen atoms in total. The van der Waals surface area contributed by atoms with Crippen LogP contribution in [-0.4, -0.2) is 16.3 Å². The third-order valence-corrected chi connectivity index (χ3v) is 4.25. The van der Waals surface area contributed by atoms with Gasteiger partial charge in [-0.3, -0.25) is 4.68 Å². The molecule has 0 radical (unpaired) electrons. The Balaban J connectivity index is 1.67. The van der Waals surface area contributed by atoms with Crippen LogP contribution < -0.4 is 5.32 Å². The maximum atomic E-state index is 4.34. The van der Waals surface area contributed by atoms with Gasteiger partial charge in [-0.25, -0.2) is 0 Å². The molecular formula is C17H23N3. The molecule has 0 fully saturated rings. The SMILES string of the molecule is Cc1cnn(CCNC2c3ccccc3CC2(C)C)c1. The van der Waals surface area contributed by atoms with E-state index < -0.39 is 0 Å². The molecule has 0 amide bonds. The molecule has 1 aromatic heterocycles. The molecule has 0 saturated heterocycles. The van der Waals surface area contributed by atoms with Gasteiger partial charge in [0.1, 0.15) is 0 Å². The first-order valence-electron chi connectivity index (χ1n) is 7.36. The molecule has 0 bridgehead atoms. The van der Waals surface area contributed by atoms with Crippen LogP contribution in [0.1, 0.15) is 36.6 Å². The average Bonchev–Trinajstić information content (AvgIpc) is 2.91. The van der Waals surface area contributed by atoms with Crippen LogP contribution in [0.2, 0.25) is 0 Å². The standard InChI is InChI=1S/C17H23N3/c1-13-11-19-20(12-13)9-8-18-16-15-7-5-4-6-14(15)10-17(16,2)3/h4-7,11-12,16,18H,8-10H2,1-3H3. The molecule has 1 aliphatic carbocycles. The zero-order valence-corrected chi connectivity index (χ0v) is 12.6. The lowest BCUT2D eigenvalue weighted by molar-refractivity contribution is 0.266. The number of nitrogens with one attached hydrogen (secondary N) is 1. The minimum absolute atomic E-state index is 0.281. The summed E-state index contributed by atoms with van der Waals surface area (Å²) < 4.78 is 2.01. The van der Waals surface area contributed by atoms with Crippen molar-refractivity contribution in [2.45, 2.75) is 39.8 Å². The number of aromatic nitrogens is 2. The van der Waals surface area contributed by atoms with E-state index in [2.05, 4.69) is 61.6 Å². The summed E-state index contributed by atoms with van der Waals surface area (Å²) in [5, 5.41) is 8.06. The molecule has 2 aromatic rings. The van der Waals surface area contributed by atoms with Crippen molar-refractivity contribution < 1.29 is 0 Å². The van der Waals surface area contributed by atoms with Crippen molar-refractivity contribution in [3.8, 4) is 0 Å². The largest absolute Gasteiger partial charge is 0.308 e. The van der Waals surface area contributed by atoms with Crippen molar-refractivity contribution in [1.29, 1.82) is 0 Å². The number of nitrogens with zero attached hydrogens (tertiary/aromatic N) is 2. The molecule has 1 heterocycles. The van der Waals surface area contributed by atoms with E-state index in [-0.39, 0.29) is 5.41 Å². The van der Waals surface area contributed by atoms with Crippen LogP contribution in [0.4, 0.5) is 0 Å². The van der Waals surface area contributed by atoms with Gasteiger partial charge in [0, 0.05) is 18.8 Å². The number of hydrogen-bond donors (Lipinski definition) is 1. The number of hydrogen-bond acceptors (Lipinski definition) is 2. The summed E-state index contributed by atoms with van der Waals surface area (Å²) in [6.45, 7) is 8.64. The lowest BCUT2D eigenvalue weighted by atomic mass is 9.85. The van der Waals surface area contributed by atoms with Crippen LogP contribution in [0.3, 0.4) is 0 Å². The number of aryl methyl sites for hydroxylation is 1. The predicted octanol–water partition coefficient (Wildman–Crippen LogP) is 3.10. The zero-order valence-electron chi connectivity index (χ0n) is 12.6. The third kappa shape index (κ3) is 2.50. The maximum absolute atomic E-state index is 4.34. The van der Waals surface area contributed by atoms with Crippen LogP contribution >= 0.6 is 0 Å². The van der Waals surface area contributed by atoms with Crippen molar-refractivity contribution in [2.24, 2.45) is 5.41 Å². The summed E-state index contributed by atoms with van der Waals surface area (Å²) in [5.41, 5.74) is 4.46. The highest BCUT2D eigenvalue weighted by molar-refractivity contribution is 5.37. The van der Waals surface area contributed by atoms with Gasteiger partial charge in [-0.1, -0.05) is 38.1 Å². The summed E-state index contributed by atoms with van der Waals surface area (Å²) >= 11 is 0. The van der Waals surface area contributed by atoms with E-state index >= 15 is 0 Å². The number of benzene rings is 1. The normalized spacial score (nSPS) is 20.1. The van der Waals surface area contributed by atoms with Crippen LogP contribution in [-0.2, 0) is 13.0 Å². The molecule has 0 spiro atoms. The molecular weight excluding hydrogens is 246 g/mol. The lowest BCUT2D eigenvalue weighted by Crippen LogP contribution is -2.33. The fourth-order valence-corrected chi connectivity index (χ4v) is 3.29. The Kier molecular flexibility index (Phi) is 3.38. The summed E-state index contributed by atoms with van der Waals surface area (Å²) in [5.74, 6) is 0. The van der Waals surface area contributed by atoms with Crippen molar-refractivity contribution >= 4 is 0 Å². The molecule has 1 aliphatic rings. The van der Waals surface area contributed by atoms with Crippen molar-refractivity contribution in [2.75, 3.05) is 6.54 Å². The van der Waals surface area contributed by atoms with E-state index in [0.29, 0.717) is 6.04 Å². The molecule has 20 heavy (non-hydrogen) atoms. The van der Waals surface area contributed by atoms with Gasteiger partial charge in [-0.05, 0) is 35.4 Å². The molecule has 0 saturated carbocycles. The van der Waals surface area contributed by atoms with Crippen LogP contribution in [0.25, 0.3) is 0 Å². The highest BCUT2D eigenvalue weighted by Gasteiger charge is 2.38. The van der Waals surface area contributed by atoms with Gasteiger partial charge < -0.3 is 5.32 Å². The summed E-state index contributed by atoms with van der Waals surface area (Å²) in [4.78, 5) is 0. The molecule has 1 N–H and O–H groups in total. The smallest absolute Gasteiger partial charge is 0.0534 e. The Morgan fingerprint density at radius 2 is 2.15 bits per heavy atom. The Morgan fingerprint density at radius 1 is 1.35 bits per heavy atom. The van der Waals surface area contributed by atoms with Crippen LogP contribution in [0, 0.1) is 12.3 Å². The van der Waals surface area contributed by atoms with Gasteiger partial charge >= 0.3 is 0 Å². The van der Waals surface area contributed by atoms with Crippen molar-refractivity contribution in [1.82, 2.24) is 15.1 Å². The van der Waals surface area contributed by atoms with Gasteiger partial charge in [0.05, 0.1) is 12.7 Å². The highest BCUT2D eigenvalue weighted by atomic mass is 15.3. The lowest BCUT2D eigenvalue weighted by Gasteiger charge is -2.28.